The van der Waals surface area contributed by atoms with Gasteiger partial charge in [-0.3, -0.25) is 4.79 Å². The van der Waals surface area contributed by atoms with Crippen LogP contribution < -0.4 is 5.32 Å². The van der Waals surface area contributed by atoms with Crippen LogP contribution in [-0.4, -0.2) is 73.5 Å². The number of halogens is 2. The zero-order chi connectivity index (χ0) is 14.8. The molecule has 0 spiro atoms. The highest BCUT2D eigenvalue weighted by molar-refractivity contribution is 7.99. The third-order valence-electron chi connectivity index (χ3n) is 4.13. The standard InChI is InChI=1S/C15H31N3OS.2ClH/c1-4-17(5-2)10-11-20-13-15(19)18-8-6-14(7-9-18)12-16-3;;/h14,16H,4-13H2,1-3H3;2*1H. The molecule has 1 aliphatic rings. The van der Waals surface area contributed by atoms with Crippen LogP contribution in [0.4, 0.5) is 0 Å². The van der Waals surface area contributed by atoms with Crippen molar-refractivity contribution in [3.05, 3.63) is 0 Å². The number of amides is 1. The molecule has 1 rings (SSSR count). The summed E-state index contributed by atoms with van der Waals surface area (Å²) in [6.07, 6.45) is 2.30. The first-order valence-electron chi connectivity index (χ1n) is 7.93. The molecule has 0 atom stereocenters. The molecule has 1 fully saturated rings. The molecule has 1 N–H and O–H groups in total. The van der Waals surface area contributed by atoms with Gasteiger partial charge < -0.3 is 15.1 Å². The van der Waals surface area contributed by atoms with E-state index >= 15 is 0 Å². The molecule has 1 heterocycles. The summed E-state index contributed by atoms with van der Waals surface area (Å²) in [7, 11) is 2.00. The highest BCUT2D eigenvalue weighted by Gasteiger charge is 2.21. The maximum atomic E-state index is 12.1. The molecule has 1 aliphatic heterocycles. The van der Waals surface area contributed by atoms with Gasteiger partial charge in [0, 0.05) is 25.4 Å². The van der Waals surface area contributed by atoms with Crippen molar-refractivity contribution in [3.8, 4) is 0 Å². The van der Waals surface area contributed by atoms with Gasteiger partial charge in [0.15, 0.2) is 0 Å². The number of hydrogen-bond donors (Lipinski definition) is 1. The van der Waals surface area contributed by atoms with Crippen molar-refractivity contribution in [1.82, 2.24) is 15.1 Å². The Hall–Kier alpha value is 0.320. The molecule has 0 bridgehead atoms. The van der Waals surface area contributed by atoms with E-state index in [9.17, 15) is 4.79 Å². The van der Waals surface area contributed by atoms with Gasteiger partial charge in [0.05, 0.1) is 5.75 Å². The van der Waals surface area contributed by atoms with Gasteiger partial charge in [-0.05, 0) is 45.4 Å². The molecule has 0 aromatic heterocycles. The van der Waals surface area contributed by atoms with Crippen LogP contribution >= 0.6 is 36.6 Å². The number of likely N-dealkylation sites (tertiary alicyclic amines) is 1. The van der Waals surface area contributed by atoms with E-state index in [-0.39, 0.29) is 24.8 Å². The van der Waals surface area contributed by atoms with Gasteiger partial charge in [0.25, 0.3) is 0 Å². The van der Waals surface area contributed by atoms with Crippen LogP contribution in [0.3, 0.4) is 0 Å². The number of piperidine rings is 1. The van der Waals surface area contributed by atoms with Crippen molar-refractivity contribution in [3.63, 3.8) is 0 Å². The molecule has 1 saturated heterocycles. The summed E-state index contributed by atoms with van der Waals surface area (Å²) < 4.78 is 0. The van der Waals surface area contributed by atoms with E-state index < -0.39 is 0 Å². The summed E-state index contributed by atoms with van der Waals surface area (Å²) >= 11 is 1.78. The van der Waals surface area contributed by atoms with E-state index in [4.69, 9.17) is 0 Å². The van der Waals surface area contributed by atoms with Crippen LogP contribution in [0.1, 0.15) is 26.7 Å². The Labute approximate surface area is 153 Å². The number of nitrogens with one attached hydrogen (secondary N) is 1. The van der Waals surface area contributed by atoms with Crippen LogP contribution in [0.15, 0.2) is 0 Å². The van der Waals surface area contributed by atoms with Crippen molar-refractivity contribution >= 4 is 42.5 Å². The largest absolute Gasteiger partial charge is 0.342 e. The van der Waals surface area contributed by atoms with Crippen molar-refractivity contribution in [2.45, 2.75) is 26.7 Å². The van der Waals surface area contributed by atoms with E-state index in [2.05, 4.69) is 29.0 Å². The van der Waals surface area contributed by atoms with Gasteiger partial charge >= 0.3 is 0 Å². The second-order valence-corrected chi connectivity index (χ2v) is 6.57. The maximum Gasteiger partial charge on any atom is 0.232 e. The molecule has 0 radical (unpaired) electrons. The Balaban J connectivity index is 0. The molecule has 7 heteroatoms. The zero-order valence-electron chi connectivity index (χ0n) is 14.2. The minimum Gasteiger partial charge on any atom is -0.342 e. The Bertz CT molecular complexity index is 274. The average Bonchev–Trinajstić information content (AvgIpc) is 2.48. The summed E-state index contributed by atoms with van der Waals surface area (Å²) in [5.74, 6) is 2.79. The fourth-order valence-corrected chi connectivity index (χ4v) is 3.55. The second kappa shape index (κ2) is 14.9. The SMILES string of the molecule is CCN(CC)CCSCC(=O)N1CCC(CNC)CC1.Cl.Cl. The first-order valence-corrected chi connectivity index (χ1v) is 9.09. The molecule has 1 amide bonds. The minimum absolute atomic E-state index is 0. The van der Waals surface area contributed by atoms with Gasteiger partial charge in [0.2, 0.25) is 5.91 Å². The topological polar surface area (TPSA) is 35.6 Å². The first kappa shape index (κ1) is 24.6. The van der Waals surface area contributed by atoms with Crippen molar-refractivity contribution in [2.75, 3.05) is 57.8 Å². The lowest BCUT2D eigenvalue weighted by Gasteiger charge is -2.32. The Kier molecular flexibility index (Phi) is 16.6. The van der Waals surface area contributed by atoms with Crippen LogP contribution in [0.5, 0.6) is 0 Å². The van der Waals surface area contributed by atoms with Crippen LogP contribution in [0, 0.1) is 5.92 Å². The summed E-state index contributed by atoms with van der Waals surface area (Å²) in [5, 5.41) is 3.23. The van der Waals surface area contributed by atoms with Gasteiger partial charge in [-0.2, -0.15) is 11.8 Å². The molecule has 0 unspecified atom stereocenters. The molecular weight excluding hydrogens is 341 g/mol. The number of nitrogens with zero attached hydrogens (tertiary/aromatic N) is 2. The lowest BCUT2D eigenvalue weighted by molar-refractivity contribution is -0.129. The maximum absolute atomic E-state index is 12.1. The zero-order valence-corrected chi connectivity index (χ0v) is 16.6. The lowest BCUT2D eigenvalue weighted by atomic mass is 9.97. The predicted octanol–water partition coefficient (Wildman–Crippen LogP) is 2.36. The van der Waals surface area contributed by atoms with Crippen LogP contribution in [0.25, 0.3) is 0 Å². The summed E-state index contributed by atoms with van der Waals surface area (Å²) in [5.41, 5.74) is 0. The molecule has 0 aromatic rings. The minimum atomic E-state index is 0. The number of carbonyl (C=O) groups is 1. The second-order valence-electron chi connectivity index (χ2n) is 5.46. The monoisotopic (exact) mass is 373 g/mol. The predicted molar refractivity (Wildman–Crippen MR) is 103 cm³/mol. The number of hydrogen-bond acceptors (Lipinski definition) is 4. The van der Waals surface area contributed by atoms with E-state index in [1.807, 2.05) is 7.05 Å². The van der Waals surface area contributed by atoms with E-state index in [1.165, 1.54) is 0 Å². The summed E-state index contributed by atoms with van der Waals surface area (Å²) in [6.45, 7) is 10.6. The lowest BCUT2D eigenvalue weighted by Crippen LogP contribution is -2.41. The third kappa shape index (κ3) is 9.46. The summed E-state index contributed by atoms with van der Waals surface area (Å²) in [6, 6.07) is 0. The van der Waals surface area contributed by atoms with Crippen LogP contribution in [-0.2, 0) is 4.79 Å². The Morgan fingerprint density at radius 3 is 2.32 bits per heavy atom. The fourth-order valence-electron chi connectivity index (χ4n) is 2.66. The highest BCUT2D eigenvalue weighted by atomic mass is 35.5. The molecule has 22 heavy (non-hydrogen) atoms. The van der Waals surface area contributed by atoms with Gasteiger partial charge in [-0.1, -0.05) is 13.8 Å². The van der Waals surface area contributed by atoms with E-state index in [1.54, 1.807) is 11.8 Å². The van der Waals surface area contributed by atoms with E-state index in [0.29, 0.717) is 11.7 Å². The smallest absolute Gasteiger partial charge is 0.232 e. The molecule has 0 saturated carbocycles. The molecule has 4 nitrogen and oxygen atoms in total. The fraction of sp³-hybridized carbons (Fsp3) is 0.933. The number of carbonyl (C=O) groups excluding carboxylic acids is 1. The molecular formula is C15H33Cl2N3OS. The third-order valence-corrected chi connectivity index (χ3v) is 5.05. The molecule has 0 aromatic carbocycles. The van der Waals surface area contributed by atoms with Crippen LogP contribution in [0.2, 0.25) is 0 Å². The van der Waals surface area contributed by atoms with Gasteiger partial charge in [0.1, 0.15) is 0 Å². The molecule has 0 aliphatic carbocycles. The number of thioether (sulfide) groups is 1. The first-order chi connectivity index (χ1) is 9.71. The van der Waals surface area contributed by atoms with Crippen molar-refractivity contribution in [2.24, 2.45) is 5.92 Å². The highest BCUT2D eigenvalue weighted by Crippen LogP contribution is 2.17. The Morgan fingerprint density at radius 2 is 1.82 bits per heavy atom. The quantitative estimate of drug-likeness (QED) is 0.629. The van der Waals surface area contributed by atoms with Gasteiger partial charge in [-0.15, -0.1) is 24.8 Å². The summed E-state index contributed by atoms with van der Waals surface area (Å²) in [4.78, 5) is 16.6. The Morgan fingerprint density at radius 1 is 1.23 bits per heavy atom. The average molecular weight is 374 g/mol. The van der Waals surface area contributed by atoms with Crippen molar-refractivity contribution in [1.29, 1.82) is 0 Å². The normalized spacial score (nSPS) is 15.4. The van der Waals surface area contributed by atoms with Crippen molar-refractivity contribution < 1.29 is 4.79 Å². The molecule has 134 valence electrons. The van der Waals surface area contributed by atoms with E-state index in [0.717, 1.165) is 63.8 Å². The van der Waals surface area contributed by atoms with Gasteiger partial charge in [-0.25, -0.2) is 0 Å². The number of rotatable bonds is 9.